The molecule has 4 nitrogen and oxygen atoms in total. The van der Waals surface area contributed by atoms with E-state index in [4.69, 9.17) is 14.7 Å². The van der Waals surface area contributed by atoms with E-state index < -0.39 is 0 Å². The van der Waals surface area contributed by atoms with Gasteiger partial charge in [0.2, 0.25) is 0 Å². The Labute approximate surface area is 127 Å². The van der Waals surface area contributed by atoms with E-state index in [1.54, 1.807) is 0 Å². The Morgan fingerprint density at radius 2 is 1.95 bits per heavy atom. The minimum Gasteiger partial charge on any atom is -0.479 e. The van der Waals surface area contributed by atoms with E-state index in [0.29, 0.717) is 18.0 Å². The first-order valence-corrected chi connectivity index (χ1v) is 7.64. The van der Waals surface area contributed by atoms with Gasteiger partial charge in [0.05, 0.1) is 0 Å². The fraction of sp³-hybridized carbons (Fsp3) is 0.588. The second kappa shape index (κ2) is 8.02. The molecule has 1 fully saturated rings. The van der Waals surface area contributed by atoms with Crippen LogP contribution in [0, 0.1) is 17.2 Å². The van der Waals surface area contributed by atoms with E-state index in [-0.39, 0.29) is 6.61 Å². The van der Waals surface area contributed by atoms with Crippen molar-refractivity contribution in [3.8, 4) is 11.8 Å². The maximum Gasteiger partial charge on any atom is 0.174 e. The highest BCUT2D eigenvalue weighted by atomic mass is 16.5. The summed E-state index contributed by atoms with van der Waals surface area (Å²) in [5.41, 5.74) is 1.23. The highest BCUT2D eigenvalue weighted by Crippen LogP contribution is 2.23. The van der Waals surface area contributed by atoms with Crippen molar-refractivity contribution in [2.75, 3.05) is 19.8 Å². The zero-order chi connectivity index (χ0) is 15.1. The summed E-state index contributed by atoms with van der Waals surface area (Å²) in [6, 6.07) is 10.7. The van der Waals surface area contributed by atoms with Crippen LogP contribution in [0.4, 0.5) is 0 Å². The van der Waals surface area contributed by atoms with Gasteiger partial charge in [0.15, 0.2) is 6.61 Å². The van der Waals surface area contributed by atoms with Crippen molar-refractivity contribution in [1.29, 1.82) is 5.26 Å². The zero-order valence-corrected chi connectivity index (χ0v) is 12.8. The lowest BCUT2D eigenvalue weighted by atomic mass is 9.92. The van der Waals surface area contributed by atoms with E-state index in [1.807, 2.05) is 18.2 Å². The summed E-state index contributed by atoms with van der Waals surface area (Å²) in [6.07, 6.45) is 2.28. The maximum absolute atomic E-state index is 8.50. The molecular formula is C17H24N2O2. The number of nitrogens with zero attached hydrogens (tertiary/aromatic N) is 1. The first-order valence-electron chi connectivity index (χ1n) is 7.64. The lowest BCUT2D eigenvalue weighted by Gasteiger charge is -2.30. The highest BCUT2D eigenvalue weighted by Gasteiger charge is 2.21. The van der Waals surface area contributed by atoms with Gasteiger partial charge in [0.1, 0.15) is 11.8 Å². The molecule has 0 amide bonds. The van der Waals surface area contributed by atoms with Crippen molar-refractivity contribution in [3.63, 3.8) is 0 Å². The number of rotatable bonds is 6. The van der Waals surface area contributed by atoms with Gasteiger partial charge in [0.25, 0.3) is 0 Å². The summed E-state index contributed by atoms with van der Waals surface area (Å²) in [6.45, 7) is 6.30. The molecule has 114 valence electrons. The number of hydrogen-bond acceptors (Lipinski definition) is 4. The third kappa shape index (κ3) is 4.73. The van der Waals surface area contributed by atoms with Crippen molar-refractivity contribution < 1.29 is 9.47 Å². The summed E-state index contributed by atoms with van der Waals surface area (Å²) in [5, 5.41) is 12.2. The van der Waals surface area contributed by atoms with Crippen molar-refractivity contribution >= 4 is 0 Å². The Bertz CT molecular complexity index is 461. The lowest BCUT2D eigenvalue weighted by molar-refractivity contribution is 0.0547. The van der Waals surface area contributed by atoms with Gasteiger partial charge in [-0.1, -0.05) is 12.1 Å². The number of benzene rings is 1. The summed E-state index contributed by atoms with van der Waals surface area (Å²) < 4.78 is 10.7. The summed E-state index contributed by atoms with van der Waals surface area (Å²) in [7, 11) is 0. The van der Waals surface area contributed by atoms with Gasteiger partial charge in [-0.15, -0.1) is 0 Å². The van der Waals surface area contributed by atoms with Gasteiger partial charge in [-0.3, -0.25) is 0 Å². The van der Waals surface area contributed by atoms with E-state index in [0.717, 1.165) is 31.8 Å². The van der Waals surface area contributed by atoms with E-state index in [1.165, 1.54) is 5.56 Å². The average Bonchev–Trinajstić information content (AvgIpc) is 2.54. The fourth-order valence-electron chi connectivity index (χ4n) is 2.81. The Balaban J connectivity index is 1.87. The van der Waals surface area contributed by atoms with Crippen LogP contribution in [0.3, 0.4) is 0 Å². The molecule has 0 radical (unpaired) electrons. The van der Waals surface area contributed by atoms with Gasteiger partial charge in [-0.2, -0.15) is 5.26 Å². The molecule has 0 aromatic heterocycles. The largest absolute Gasteiger partial charge is 0.479 e. The molecule has 0 spiro atoms. The smallest absolute Gasteiger partial charge is 0.174 e. The molecule has 1 N–H and O–H groups in total. The number of nitrogens with one attached hydrogen (secondary N) is 1. The Morgan fingerprint density at radius 1 is 1.29 bits per heavy atom. The molecule has 4 heteroatoms. The molecule has 1 aromatic carbocycles. The predicted octanol–water partition coefficient (Wildman–Crippen LogP) is 3.05. The standard InChI is InChI=1S/C17H24N2O2/c1-13(19-14(2)16-7-10-20-11-8-16)15-3-5-17(6-4-15)21-12-9-18/h3-6,13-14,16,19H,7-8,10-12H2,1-2H3. The van der Waals surface area contributed by atoms with Crippen LogP contribution in [0.2, 0.25) is 0 Å². The molecule has 2 rings (SSSR count). The average molecular weight is 288 g/mol. The van der Waals surface area contributed by atoms with Crippen LogP contribution in [-0.2, 0) is 4.74 Å². The Morgan fingerprint density at radius 3 is 2.57 bits per heavy atom. The minimum atomic E-state index is 0.0912. The normalized spacial score (nSPS) is 18.7. The van der Waals surface area contributed by atoms with Crippen LogP contribution in [0.1, 0.15) is 38.3 Å². The molecule has 1 saturated heterocycles. The first-order chi connectivity index (χ1) is 10.2. The number of ether oxygens (including phenoxy) is 2. The predicted molar refractivity (Wildman–Crippen MR) is 82.1 cm³/mol. The quantitative estimate of drug-likeness (QED) is 0.874. The van der Waals surface area contributed by atoms with Crippen LogP contribution in [0.25, 0.3) is 0 Å². The molecule has 2 unspecified atom stereocenters. The minimum absolute atomic E-state index is 0.0912. The number of hydrogen-bond donors (Lipinski definition) is 1. The van der Waals surface area contributed by atoms with Crippen molar-refractivity contribution in [3.05, 3.63) is 29.8 Å². The molecule has 1 aromatic rings. The van der Waals surface area contributed by atoms with Gasteiger partial charge in [-0.25, -0.2) is 0 Å². The molecule has 1 heterocycles. The fourth-order valence-corrected chi connectivity index (χ4v) is 2.81. The summed E-state index contributed by atoms with van der Waals surface area (Å²) in [4.78, 5) is 0. The van der Waals surface area contributed by atoms with E-state index >= 15 is 0 Å². The monoisotopic (exact) mass is 288 g/mol. The second-order valence-corrected chi connectivity index (χ2v) is 5.64. The molecule has 21 heavy (non-hydrogen) atoms. The van der Waals surface area contributed by atoms with Crippen molar-refractivity contribution in [2.24, 2.45) is 5.92 Å². The van der Waals surface area contributed by atoms with Crippen molar-refractivity contribution in [2.45, 2.75) is 38.8 Å². The first kappa shape index (κ1) is 15.8. The number of nitriles is 1. The van der Waals surface area contributed by atoms with Crippen LogP contribution in [0.15, 0.2) is 24.3 Å². The molecule has 2 atom stereocenters. The summed E-state index contributed by atoms with van der Waals surface area (Å²) >= 11 is 0. The third-order valence-electron chi connectivity index (χ3n) is 4.17. The summed E-state index contributed by atoms with van der Waals surface area (Å²) in [5.74, 6) is 1.43. The van der Waals surface area contributed by atoms with Crippen LogP contribution < -0.4 is 10.1 Å². The van der Waals surface area contributed by atoms with Crippen molar-refractivity contribution in [1.82, 2.24) is 5.32 Å². The van der Waals surface area contributed by atoms with Crippen LogP contribution in [-0.4, -0.2) is 25.9 Å². The molecular weight excluding hydrogens is 264 g/mol. The van der Waals surface area contributed by atoms with Crippen LogP contribution in [0.5, 0.6) is 5.75 Å². The molecule has 1 aliphatic rings. The molecule has 0 saturated carbocycles. The second-order valence-electron chi connectivity index (χ2n) is 5.64. The highest BCUT2D eigenvalue weighted by molar-refractivity contribution is 5.29. The van der Waals surface area contributed by atoms with Gasteiger partial charge >= 0.3 is 0 Å². The van der Waals surface area contributed by atoms with Crippen LogP contribution >= 0.6 is 0 Å². The lowest BCUT2D eigenvalue weighted by Crippen LogP contribution is -2.38. The van der Waals surface area contributed by atoms with Gasteiger partial charge < -0.3 is 14.8 Å². The third-order valence-corrected chi connectivity index (χ3v) is 4.17. The zero-order valence-electron chi connectivity index (χ0n) is 12.8. The molecule has 0 bridgehead atoms. The molecule has 0 aliphatic carbocycles. The topological polar surface area (TPSA) is 54.3 Å². The maximum atomic E-state index is 8.50. The SMILES string of the molecule is CC(NC(C)C1CCOCC1)c1ccc(OCC#N)cc1. The van der Waals surface area contributed by atoms with Gasteiger partial charge in [0, 0.05) is 25.3 Å². The van der Waals surface area contributed by atoms with Gasteiger partial charge in [-0.05, 0) is 50.3 Å². The van der Waals surface area contributed by atoms with E-state index in [2.05, 4.69) is 31.3 Å². The molecule has 1 aliphatic heterocycles. The van der Waals surface area contributed by atoms with E-state index in [9.17, 15) is 0 Å². The Kier molecular flexibility index (Phi) is 6.04. The Hall–Kier alpha value is -1.57.